The summed E-state index contributed by atoms with van der Waals surface area (Å²) < 4.78 is 0. The van der Waals surface area contributed by atoms with Crippen LogP contribution in [0, 0.1) is 0 Å². The molecule has 6 heteroatoms. The highest BCUT2D eigenvalue weighted by Gasteiger charge is 2.23. The Kier molecular flexibility index (Phi) is 4.01. The van der Waals surface area contributed by atoms with Crippen LogP contribution in [0.5, 0.6) is 0 Å². The molecule has 0 bridgehead atoms. The zero-order valence-corrected chi connectivity index (χ0v) is 11.2. The van der Waals surface area contributed by atoms with Gasteiger partial charge in [-0.3, -0.25) is 4.79 Å². The number of carbonyl (C=O) groups is 1. The van der Waals surface area contributed by atoms with Crippen LogP contribution in [-0.4, -0.2) is 29.3 Å². The number of hydrogen-bond donors (Lipinski definition) is 1. The normalized spacial score (nSPS) is 16.6. The SMILES string of the molecule is CN(c1nc(N)nc(Cl)c1C=O)C1CCCCC1. The van der Waals surface area contributed by atoms with Gasteiger partial charge in [0.05, 0.1) is 5.56 Å². The van der Waals surface area contributed by atoms with E-state index < -0.39 is 0 Å². The molecule has 1 aliphatic carbocycles. The van der Waals surface area contributed by atoms with E-state index in [0.717, 1.165) is 12.8 Å². The van der Waals surface area contributed by atoms with Crippen LogP contribution in [0.25, 0.3) is 0 Å². The summed E-state index contributed by atoms with van der Waals surface area (Å²) in [6.07, 6.45) is 6.60. The van der Waals surface area contributed by atoms with Gasteiger partial charge < -0.3 is 10.6 Å². The Bertz CT molecular complexity index is 446. The van der Waals surface area contributed by atoms with Crippen molar-refractivity contribution in [3.8, 4) is 0 Å². The van der Waals surface area contributed by atoms with Crippen LogP contribution in [0.15, 0.2) is 0 Å². The number of carbonyl (C=O) groups excluding carboxylic acids is 1. The van der Waals surface area contributed by atoms with Gasteiger partial charge in [0.15, 0.2) is 6.29 Å². The fraction of sp³-hybridized carbons (Fsp3) is 0.583. The van der Waals surface area contributed by atoms with Gasteiger partial charge in [-0.25, -0.2) is 4.98 Å². The Hall–Kier alpha value is -1.36. The Labute approximate surface area is 111 Å². The molecule has 1 aliphatic rings. The van der Waals surface area contributed by atoms with Crippen LogP contribution in [-0.2, 0) is 0 Å². The second kappa shape index (κ2) is 5.52. The van der Waals surface area contributed by atoms with Crippen molar-refractivity contribution in [3.05, 3.63) is 10.7 Å². The van der Waals surface area contributed by atoms with E-state index in [0.29, 0.717) is 23.7 Å². The summed E-state index contributed by atoms with van der Waals surface area (Å²) in [6, 6.07) is 0.391. The minimum Gasteiger partial charge on any atom is -0.368 e. The van der Waals surface area contributed by atoms with E-state index >= 15 is 0 Å². The third-order valence-corrected chi connectivity index (χ3v) is 3.76. The fourth-order valence-corrected chi connectivity index (χ4v) is 2.67. The van der Waals surface area contributed by atoms with Crippen LogP contribution < -0.4 is 10.6 Å². The monoisotopic (exact) mass is 268 g/mol. The van der Waals surface area contributed by atoms with Gasteiger partial charge in [-0.15, -0.1) is 0 Å². The van der Waals surface area contributed by atoms with Gasteiger partial charge in [-0.1, -0.05) is 30.9 Å². The molecule has 0 unspecified atom stereocenters. The maximum atomic E-state index is 11.1. The molecular weight excluding hydrogens is 252 g/mol. The summed E-state index contributed by atoms with van der Waals surface area (Å²) in [5.74, 6) is 0.637. The first kappa shape index (κ1) is 13.1. The van der Waals surface area contributed by atoms with E-state index in [9.17, 15) is 4.79 Å². The van der Waals surface area contributed by atoms with Gasteiger partial charge >= 0.3 is 0 Å². The van der Waals surface area contributed by atoms with Crippen molar-refractivity contribution in [1.29, 1.82) is 0 Å². The summed E-state index contributed by atoms with van der Waals surface area (Å²) in [7, 11) is 1.93. The van der Waals surface area contributed by atoms with Crippen LogP contribution in [0.3, 0.4) is 0 Å². The summed E-state index contributed by atoms with van der Waals surface area (Å²) in [4.78, 5) is 21.1. The molecule has 1 aromatic heterocycles. The molecule has 0 atom stereocenters. The van der Waals surface area contributed by atoms with Crippen molar-refractivity contribution in [2.45, 2.75) is 38.1 Å². The maximum absolute atomic E-state index is 11.1. The molecule has 2 N–H and O–H groups in total. The lowest BCUT2D eigenvalue weighted by molar-refractivity contribution is 0.112. The molecule has 1 aromatic rings. The van der Waals surface area contributed by atoms with Crippen LogP contribution in [0.1, 0.15) is 42.5 Å². The quantitative estimate of drug-likeness (QED) is 0.673. The molecule has 1 fully saturated rings. The first-order valence-electron chi connectivity index (χ1n) is 6.14. The Morgan fingerprint density at radius 3 is 2.61 bits per heavy atom. The molecule has 1 saturated carbocycles. The zero-order valence-electron chi connectivity index (χ0n) is 10.4. The summed E-state index contributed by atoms with van der Waals surface area (Å²) in [5.41, 5.74) is 5.92. The molecule has 0 radical (unpaired) electrons. The van der Waals surface area contributed by atoms with Crippen molar-refractivity contribution in [1.82, 2.24) is 9.97 Å². The molecule has 0 spiro atoms. The number of nitrogens with two attached hydrogens (primary N) is 1. The lowest BCUT2D eigenvalue weighted by Gasteiger charge is -2.32. The largest absolute Gasteiger partial charge is 0.368 e. The second-order valence-corrected chi connectivity index (χ2v) is 4.99. The predicted molar refractivity (Wildman–Crippen MR) is 72.1 cm³/mol. The van der Waals surface area contributed by atoms with Crippen molar-refractivity contribution in [2.24, 2.45) is 0 Å². The van der Waals surface area contributed by atoms with Gasteiger partial charge in [0.2, 0.25) is 5.95 Å². The van der Waals surface area contributed by atoms with E-state index in [1.165, 1.54) is 19.3 Å². The minimum absolute atomic E-state index is 0.100. The van der Waals surface area contributed by atoms with Crippen LogP contribution in [0.2, 0.25) is 5.15 Å². The van der Waals surface area contributed by atoms with Gasteiger partial charge in [0.1, 0.15) is 11.0 Å². The van der Waals surface area contributed by atoms with E-state index in [1.807, 2.05) is 11.9 Å². The smallest absolute Gasteiger partial charge is 0.223 e. The summed E-state index contributed by atoms with van der Waals surface area (Å²) in [5, 5.41) is 0.121. The fourth-order valence-electron chi connectivity index (χ4n) is 2.46. The average Bonchev–Trinajstić information content (AvgIpc) is 2.38. The maximum Gasteiger partial charge on any atom is 0.223 e. The lowest BCUT2D eigenvalue weighted by Crippen LogP contribution is -2.35. The topological polar surface area (TPSA) is 72.1 Å². The molecule has 0 aliphatic heterocycles. The molecule has 5 nitrogen and oxygen atoms in total. The van der Waals surface area contributed by atoms with Crippen molar-refractivity contribution >= 4 is 29.7 Å². The average molecular weight is 269 g/mol. The van der Waals surface area contributed by atoms with Crippen molar-refractivity contribution < 1.29 is 4.79 Å². The molecule has 2 rings (SSSR count). The Morgan fingerprint density at radius 1 is 1.33 bits per heavy atom. The Morgan fingerprint density at radius 2 is 2.00 bits per heavy atom. The lowest BCUT2D eigenvalue weighted by atomic mass is 9.94. The number of nitrogens with zero attached hydrogens (tertiary/aromatic N) is 3. The third kappa shape index (κ3) is 2.56. The summed E-state index contributed by atoms with van der Waals surface area (Å²) in [6.45, 7) is 0. The van der Waals surface area contributed by atoms with Crippen LogP contribution in [0.4, 0.5) is 11.8 Å². The highest BCUT2D eigenvalue weighted by atomic mass is 35.5. The van der Waals surface area contributed by atoms with Crippen molar-refractivity contribution in [2.75, 3.05) is 17.7 Å². The third-order valence-electron chi connectivity index (χ3n) is 3.47. The van der Waals surface area contributed by atoms with Gasteiger partial charge in [0, 0.05) is 13.1 Å². The zero-order chi connectivity index (χ0) is 13.1. The van der Waals surface area contributed by atoms with E-state index in [2.05, 4.69) is 9.97 Å². The number of halogens is 1. The molecule has 98 valence electrons. The number of aldehydes is 1. The van der Waals surface area contributed by atoms with E-state index in [-0.39, 0.29) is 11.1 Å². The molecule has 0 amide bonds. The molecule has 0 saturated heterocycles. The van der Waals surface area contributed by atoms with E-state index in [1.54, 1.807) is 0 Å². The first-order valence-corrected chi connectivity index (χ1v) is 6.52. The Balaban J connectivity index is 2.33. The number of hydrogen-bond acceptors (Lipinski definition) is 5. The highest BCUT2D eigenvalue weighted by Crippen LogP contribution is 2.29. The van der Waals surface area contributed by atoms with E-state index in [4.69, 9.17) is 17.3 Å². The molecular formula is C12H17ClN4O. The van der Waals surface area contributed by atoms with Gasteiger partial charge in [-0.2, -0.15) is 4.98 Å². The standard InChI is InChI=1S/C12H17ClN4O/c1-17(8-5-3-2-4-6-8)11-9(7-18)10(13)15-12(14)16-11/h7-8H,2-6H2,1H3,(H2,14,15,16). The molecule has 0 aromatic carbocycles. The highest BCUT2D eigenvalue weighted by molar-refractivity contribution is 6.32. The number of rotatable bonds is 3. The van der Waals surface area contributed by atoms with Gasteiger partial charge in [0.25, 0.3) is 0 Å². The molecule has 1 heterocycles. The second-order valence-electron chi connectivity index (χ2n) is 4.63. The van der Waals surface area contributed by atoms with Gasteiger partial charge in [-0.05, 0) is 12.8 Å². The predicted octanol–water partition coefficient (Wildman–Crippen LogP) is 2.29. The number of aromatic nitrogens is 2. The van der Waals surface area contributed by atoms with Crippen molar-refractivity contribution in [3.63, 3.8) is 0 Å². The summed E-state index contributed by atoms with van der Waals surface area (Å²) >= 11 is 5.93. The minimum atomic E-state index is 0.100. The number of nitrogen functional groups attached to an aromatic ring is 1. The molecule has 18 heavy (non-hydrogen) atoms. The number of anilines is 2. The first-order chi connectivity index (χ1) is 8.63. The van der Waals surface area contributed by atoms with Crippen LogP contribution >= 0.6 is 11.6 Å².